The average Bonchev–Trinajstić information content (AvgIpc) is 2.40. The van der Waals surface area contributed by atoms with Gasteiger partial charge in [0.1, 0.15) is 11.5 Å². The van der Waals surface area contributed by atoms with Crippen LogP contribution in [-0.2, 0) is 4.43 Å². The molecule has 0 aliphatic heterocycles. The molecule has 0 aliphatic carbocycles. The monoisotopic (exact) mass is 337 g/mol. The van der Waals surface area contributed by atoms with Crippen LogP contribution in [-0.4, -0.2) is 4.98 Å². The second-order valence-electron chi connectivity index (χ2n) is 3.49. The zero-order chi connectivity index (χ0) is 12.1. The van der Waals surface area contributed by atoms with Gasteiger partial charge < -0.3 is 4.74 Å². The van der Waals surface area contributed by atoms with Crippen molar-refractivity contribution in [3.05, 3.63) is 60.4 Å². The molecule has 17 heavy (non-hydrogen) atoms. The molecule has 0 atom stereocenters. The van der Waals surface area contributed by atoms with E-state index in [4.69, 9.17) is 4.74 Å². The largest absolute Gasteiger partial charge is 0.457 e. The summed E-state index contributed by atoms with van der Waals surface area (Å²) in [6, 6.07) is 9.76. The van der Waals surface area contributed by atoms with E-state index in [0.717, 1.165) is 21.5 Å². The summed E-state index contributed by atoms with van der Waals surface area (Å²) in [7, 11) is 0. The van der Waals surface area contributed by atoms with Gasteiger partial charge in [-0.3, -0.25) is 4.98 Å². The van der Waals surface area contributed by atoms with Gasteiger partial charge in [0.25, 0.3) is 0 Å². The first-order valence-electron chi connectivity index (χ1n) is 5.22. The van der Waals surface area contributed by atoms with Crippen LogP contribution in [0.5, 0.6) is 11.5 Å². The minimum absolute atomic E-state index is 0.803. The highest BCUT2D eigenvalue weighted by molar-refractivity contribution is 14.1. The molecule has 0 spiro atoms. The summed E-state index contributed by atoms with van der Waals surface area (Å²) in [5.41, 5.74) is 2.28. The Bertz CT molecular complexity index is 511. The molecule has 1 aromatic carbocycles. The predicted octanol–water partition coefficient (Wildman–Crippen LogP) is 4.45. The topological polar surface area (TPSA) is 22.1 Å². The standard InChI is InChI=1S/C14H12INO/c1-2-11-3-4-14(12(9-11)10-15)17-13-5-7-16-8-6-13/h2-9H,1,10H2. The lowest BCUT2D eigenvalue weighted by Crippen LogP contribution is -1.90. The molecule has 1 heterocycles. The van der Waals surface area contributed by atoms with Crippen molar-refractivity contribution >= 4 is 28.7 Å². The van der Waals surface area contributed by atoms with Crippen LogP contribution in [0.3, 0.4) is 0 Å². The van der Waals surface area contributed by atoms with Crippen molar-refractivity contribution in [1.82, 2.24) is 4.98 Å². The Morgan fingerprint density at radius 3 is 2.65 bits per heavy atom. The van der Waals surface area contributed by atoms with Crippen molar-refractivity contribution < 1.29 is 4.74 Å². The van der Waals surface area contributed by atoms with Crippen molar-refractivity contribution in [1.29, 1.82) is 0 Å². The van der Waals surface area contributed by atoms with Crippen LogP contribution >= 0.6 is 22.6 Å². The summed E-state index contributed by atoms with van der Waals surface area (Å²) in [5, 5.41) is 0. The average molecular weight is 337 g/mol. The Labute approximate surface area is 114 Å². The Hall–Kier alpha value is -1.36. The van der Waals surface area contributed by atoms with E-state index in [1.165, 1.54) is 5.56 Å². The summed E-state index contributed by atoms with van der Waals surface area (Å²) >= 11 is 2.33. The maximum atomic E-state index is 5.82. The fraction of sp³-hybridized carbons (Fsp3) is 0.0714. The van der Waals surface area contributed by atoms with Crippen LogP contribution in [0.4, 0.5) is 0 Å². The lowest BCUT2D eigenvalue weighted by atomic mass is 10.1. The molecule has 0 fully saturated rings. The minimum Gasteiger partial charge on any atom is -0.457 e. The lowest BCUT2D eigenvalue weighted by Gasteiger charge is -2.10. The molecule has 2 aromatic rings. The maximum absolute atomic E-state index is 5.82. The van der Waals surface area contributed by atoms with E-state index in [9.17, 15) is 0 Å². The van der Waals surface area contributed by atoms with Gasteiger partial charge >= 0.3 is 0 Å². The fourth-order valence-electron chi connectivity index (χ4n) is 1.46. The number of halogens is 1. The number of hydrogen-bond donors (Lipinski definition) is 0. The highest BCUT2D eigenvalue weighted by Gasteiger charge is 2.04. The van der Waals surface area contributed by atoms with Crippen molar-refractivity contribution in [2.45, 2.75) is 4.43 Å². The number of rotatable bonds is 4. The van der Waals surface area contributed by atoms with Crippen LogP contribution in [0, 0.1) is 0 Å². The first kappa shape index (κ1) is 12.1. The summed E-state index contributed by atoms with van der Waals surface area (Å²) in [6.07, 6.45) is 5.28. The highest BCUT2D eigenvalue weighted by Crippen LogP contribution is 2.27. The summed E-state index contributed by atoms with van der Waals surface area (Å²) in [6.45, 7) is 3.77. The van der Waals surface area contributed by atoms with Gasteiger partial charge in [0, 0.05) is 22.4 Å². The molecule has 0 saturated carbocycles. The van der Waals surface area contributed by atoms with Gasteiger partial charge in [-0.2, -0.15) is 0 Å². The number of benzene rings is 1. The van der Waals surface area contributed by atoms with Crippen molar-refractivity contribution in [2.75, 3.05) is 0 Å². The van der Waals surface area contributed by atoms with Crippen molar-refractivity contribution in [2.24, 2.45) is 0 Å². The maximum Gasteiger partial charge on any atom is 0.131 e. The number of pyridine rings is 1. The predicted molar refractivity (Wildman–Crippen MR) is 78.6 cm³/mol. The molecule has 3 heteroatoms. The van der Waals surface area contributed by atoms with Crippen LogP contribution in [0.25, 0.3) is 6.08 Å². The number of nitrogens with zero attached hydrogens (tertiary/aromatic N) is 1. The third-order valence-corrected chi connectivity index (χ3v) is 3.16. The van der Waals surface area contributed by atoms with E-state index in [0.29, 0.717) is 0 Å². The van der Waals surface area contributed by atoms with Gasteiger partial charge in [0.05, 0.1) is 0 Å². The Balaban J connectivity index is 2.29. The third kappa shape index (κ3) is 3.06. The van der Waals surface area contributed by atoms with Crippen molar-refractivity contribution in [3.63, 3.8) is 0 Å². The Kier molecular flexibility index (Phi) is 4.14. The van der Waals surface area contributed by atoms with Crippen molar-refractivity contribution in [3.8, 4) is 11.5 Å². The molecule has 2 rings (SSSR count). The van der Waals surface area contributed by atoms with E-state index in [-0.39, 0.29) is 0 Å². The SMILES string of the molecule is C=Cc1ccc(Oc2ccncc2)c(CI)c1. The van der Waals surface area contributed by atoms with E-state index in [1.807, 2.05) is 30.3 Å². The van der Waals surface area contributed by atoms with Gasteiger partial charge in [0.2, 0.25) is 0 Å². The first-order valence-corrected chi connectivity index (χ1v) is 6.75. The second-order valence-corrected chi connectivity index (χ2v) is 4.25. The van der Waals surface area contributed by atoms with Gasteiger partial charge in [-0.15, -0.1) is 0 Å². The Morgan fingerprint density at radius 2 is 2.00 bits per heavy atom. The van der Waals surface area contributed by atoms with Gasteiger partial charge in [-0.25, -0.2) is 0 Å². The van der Waals surface area contributed by atoms with Crippen LogP contribution in [0.1, 0.15) is 11.1 Å². The first-order chi connectivity index (χ1) is 8.33. The molecular formula is C14H12INO. The molecule has 0 amide bonds. The second kappa shape index (κ2) is 5.82. The molecular weight excluding hydrogens is 325 g/mol. The number of aromatic nitrogens is 1. The highest BCUT2D eigenvalue weighted by atomic mass is 127. The van der Waals surface area contributed by atoms with Crippen LogP contribution < -0.4 is 4.74 Å². The lowest BCUT2D eigenvalue weighted by molar-refractivity contribution is 0.478. The van der Waals surface area contributed by atoms with Crippen LogP contribution in [0.15, 0.2) is 49.3 Å². The van der Waals surface area contributed by atoms with E-state index >= 15 is 0 Å². The number of hydrogen-bond acceptors (Lipinski definition) is 2. The molecule has 2 nitrogen and oxygen atoms in total. The quantitative estimate of drug-likeness (QED) is 0.607. The molecule has 1 aromatic heterocycles. The van der Waals surface area contributed by atoms with E-state index < -0.39 is 0 Å². The molecule has 0 unspecified atom stereocenters. The Morgan fingerprint density at radius 1 is 1.24 bits per heavy atom. The summed E-state index contributed by atoms with van der Waals surface area (Å²) < 4.78 is 6.72. The smallest absolute Gasteiger partial charge is 0.131 e. The number of alkyl halides is 1. The fourth-order valence-corrected chi connectivity index (χ4v) is 2.06. The normalized spacial score (nSPS) is 9.94. The van der Waals surface area contributed by atoms with Gasteiger partial charge in [-0.05, 0) is 29.8 Å². The van der Waals surface area contributed by atoms with E-state index in [2.05, 4.69) is 40.2 Å². The van der Waals surface area contributed by atoms with Gasteiger partial charge in [-0.1, -0.05) is 41.3 Å². The molecule has 0 saturated heterocycles. The molecule has 0 radical (unpaired) electrons. The molecule has 0 aliphatic rings. The molecule has 0 N–H and O–H groups in total. The zero-order valence-corrected chi connectivity index (χ0v) is 11.4. The zero-order valence-electron chi connectivity index (χ0n) is 9.27. The van der Waals surface area contributed by atoms with E-state index in [1.54, 1.807) is 12.4 Å². The minimum atomic E-state index is 0.803. The number of ether oxygens (including phenoxy) is 1. The molecule has 86 valence electrons. The summed E-state index contributed by atoms with van der Waals surface area (Å²) in [5.74, 6) is 1.69. The van der Waals surface area contributed by atoms with Crippen LogP contribution in [0.2, 0.25) is 0 Å². The van der Waals surface area contributed by atoms with Gasteiger partial charge in [0.15, 0.2) is 0 Å². The molecule has 0 bridgehead atoms. The summed E-state index contributed by atoms with van der Waals surface area (Å²) in [4.78, 5) is 3.96. The third-order valence-electron chi connectivity index (χ3n) is 2.34.